The molecule has 0 saturated carbocycles. The molecule has 0 radical (unpaired) electrons. The smallest absolute Gasteiger partial charge is 0.229 e. The van der Waals surface area contributed by atoms with Crippen molar-refractivity contribution in [2.75, 3.05) is 25.1 Å². The minimum atomic E-state index is -0.205. The lowest BCUT2D eigenvalue weighted by molar-refractivity contribution is -0.123. The molecule has 1 fully saturated rings. The zero-order valence-electron chi connectivity index (χ0n) is 11.0. The van der Waals surface area contributed by atoms with Gasteiger partial charge in [0.15, 0.2) is 0 Å². The molecule has 1 aromatic rings. The number of halogens is 1. The number of hydrogen-bond donors (Lipinski definition) is 2. The summed E-state index contributed by atoms with van der Waals surface area (Å²) in [6.07, 6.45) is 1.72. The van der Waals surface area contributed by atoms with Gasteiger partial charge in [-0.15, -0.1) is 0 Å². The van der Waals surface area contributed by atoms with Gasteiger partial charge in [-0.25, -0.2) is 0 Å². The van der Waals surface area contributed by atoms with Gasteiger partial charge in [0.2, 0.25) is 5.91 Å². The van der Waals surface area contributed by atoms with Crippen LogP contribution >= 0.6 is 11.6 Å². The molecular weight excluding hydrogens is 278 g/mol. The second-order valence-corrected chi connectivity index (χ2v) is 4.97. The molecule has 1 aliphatic rings. The average molecular weight is 294 g/mol. The first-order valence-electron chi connectivity index (χ1n) is 6.48. The zero-order valence-corrected chi connectivity index (χ0v) is 11.7. The van der Waals surface area contributed by atoms with E-state index < -0.39 is 0 Å². The Bertz CT molecular complexity index is 542. The third-order valence-corrected chi connectivity index (χ3v) is 3.40. The van der Waals surface area contributed by atoms with Crippen molar-refractivity contribution in [1.82, 2.24) is 0 Å². The molecular formula is C15H16ClNO3. The van der Waals surface area contributed by atoms with Crippen LogP contribution in [0.3, 0.4) is 0 Å². The van der Waals surface area contributed by atoms with Crippen molar-refractivity contribution in [3.63, 3.8) is 0 Å². The van der Waals surface area contributed by atoms with Crippen molar-refractivity contribution >= 4 is 23.2 Å². The maximum absolute atomic E-state index is 12.1. The third-order valence-electron chi connectivity index (χ3n) is 3.07. The predicted octanol–water partition coefficient (Wildman–Crippen LogP) is 2.05. The highest BCUT2D eigenvalue weighted by atomic mass is 35.5. The van der Waals surface area contributed by atoms with Crippen molar-refractivity contribution in [2.24, 2.45) is 5.92 Å². The summed E-state index contributed by atoms with van der Waals surface area (Å²) in [5, 5.41) is 12.0. The third kappa shape index (κ3) is 3.97. The second-order valence-electron chi connectivity index (χ2n) is 4.56. The molecule has 1 unspecified atom stereocenters. The van der Waals surface area contributed by atoms with Crippen molar-refractivity contribution in [3.8, 4) is 11.8 Å². The SMILES string of the molecule is O=C(Nc1cc(C#CCO)ccc1Cl)C1CCCOC1. The van der Waals surface area contributed by atoms with Gasteiger partial charge in [-0.1, -0.05) is 23.4 Å². The Morgan fingerprint density at radius 2 is 2.40 bits per heavy atom. The highest BCUT2D eigenvalue weighted by Gasteiger charge is 2.22. The number of nitrogens with one attached hydrogen (secondary N) is 1. The minimum absolute atomic E-state index is 0.0844. The lowest BCUT2D eigenvalue weighted by Crippen LogP contribution is -2.30. The van der Waals surface area contributed by atoms with Crippen LogP contribution in [0.15, 0.2) is 18.2 Å². The largest absolute Gasteiger partial charge is 0.384 e. The molecule has 4 nitrogen and oxygen atoms in total. The van der Waals surface area contributed by atoms with E-state index in [0.717, 1.165) is 19.4 Å². The van der Waals surface area contributed by atoms with Gasteiger partial charge in [-0.3, -0.25) is 4.79 Å². The van der Waals surface area contributed by atoms with E-state index in [0.29, 0.717) is 22.9 Å². The van der Waals surface area contributed by atoms with Crippen LogP contribution in [-0.2, 0) is 9.53 Å². The molecule has 106 valence electrons. The van der Waals surface area contributed by atoms with E-state index in [1.807, 2.05) is 0 Å². The molecule has 20 heavy (non-hydrogen) atoms. The summed E-state index contributed by atoms with van der Waals surface area (Å²) in [5.74, 6) is 5.12. The van der Waals surface area contributed by atoms with Crippen LogP contribution in [0.2, 0.25) is 5.02 Å². The fraction of sp³-hybridized carbons (Fsp3) is 0.400. The molecule has 2 N–H and O–H groups in total. The Balaban J connectivity index is 2.09. The van der Waals surface area contributed by atoms with Gasteiger partial charge in [-0.05, 0) is 31.0 Å². The van der Waals surface area contributed by atoms with Crippen LogP contribution in [-0.4, -0.2) is 30.8 Å². The number of hydrogen-bond acceptors (Lipinski definition) is 3. The van der Waals surface area contributed by atoms with Gasteiger partial charge in [0.25, 0.3) is 0 Å². The summed E-state index contributed by atoms with van der Waals surface area (Å²) in [5.41, 5.74) is 1.23. The van der Waals surface area contributed by atoms with Crippen molar-refractivity contribution in [2.45, 2.75) is 12.8 Å². The maximum atomic E-state index is 12.1. The summed E-state index contributed by atoms with van der Waals surface area (Å²) in [7, 11) is 0. The molecule has 0 aliphatic carbocycles. The number of amides is 1. The van der Waals surface area contributed by atoms with Gasteiger partial charge in [-0.2, -0.15) is 0 Å². The Hall–Kier alpha value is -1.54. The van der Waals surface area contributed by atoms with E-state index in [9.17, 15) is 4.79 Å². The fourth-order valence-electron chi connectivity index (χ4n) is 2.02. The number of benzene rings is 1. The van der Waals surface area contributed by atoms with E-state index in [4.69, 9.17) is 21.4 Å². The summed E-state index contributed by atoms with van der Waals surface area (Å²) in [6.45, 7) is 0.966. The monoisotopic (exact) mass is 293 g/mol. The molecule has 1 atom stereocenters. The van der Waals surface area contributed by atoms with E-state index in [2.05, 4.69) is 17.2 Å². The Morgan fingerprint density at radius 1 is 1.55 bits per heavy atom. The molecule has 1 aliphatic heterocycles. The number of rotatable bonds is 2. The Morgan fingerprint density at radius 3 is 3.10 bits per heavy atom. The van der Waals surface area contributed by atoms with Crippen LogP contribution in [0, 0.1) is 17.8 Å². The molecule has 1 amide bonds. The molecule has 1 saturated heterocycles. The standard InChI is InChI=1S/C15H16ClNO3/c16-13-6-5-11(3-1-7-18)9-14(13)17-15(19)12-4-2-8-20-10-12/h5-6,9,12,18H,2,4,7-8,10H2,(H,17,19). The number of anilines is 1. The van der Waals surface area contributed by atoms with Crippen LogP contribution < -0.4 is 5.32 Å². The molecule has 0 bridgehead atoms. The first kappa shape index (κ1) is 14.9. The van der Waals surface area contributed by atoms with Gasteiger partial charge in [0, 0.05) is 12.2 Å². The highest BCUT2D eigenvalue weighted by molar-refractivity contribution is 6.33. The van der Waals surface area contributed by atoms with Crippen molar-refractivity contribution in [1.29, 1.82) is 0 Å². The minimum Gasteiger partial charge on any atom is -0.384 e. The van der Waals surface area contributed by atoms with Gasteiger partial charge >= 0.3 is 0 Å². The number of carbonyl (C=O) groups excluding carboxylic acids is 1. The lowest BCUT2D eigenvalue weighted by atomic mass is 10.0. The Labute approximate surface area is 123 Å². The maximum Gasteiger partial charge on any atom is 0.229 e. The van der Waals surface area contributed by atoms with Crippen molar-refractivity contribution < 1.29 is 14.6 Å². The Kier molecular flexibility index (Phi) is 5.42. The number of ether oxygens (including phenoxy) is 1. The summed E-state index contributed by atoms with van der Waals surface area (Å²) < 4.78 is 5.30. The first-order chi connectivity index (χ1) is 9.70. The molecule has 5 heteroatoms. The molecule has 0 spiro atoms. The van der Waals surface area contributed by atoms with Crippen LogP contribution in [0.1, 0.15) is 18.4 Å². The number of carbonyl (C=O) groups is 1. The van der Waals surface area contributed by atoms with E-state index >= 15 is 0 Å². The average Bonchev–Trinajstić information content (AvgIpc) is 2.49. The van der Waals surface area contributed by atoms with Crippen molar-refractivity contribution in [3.05, 3.63) is 28.8 Å². The summed E-state index contributed by atoms with van der Waals surface area (Å²) in [4.78, 5) is 12.1. The van der Waals surface area contributed by atoms with E-state index in [1.165, 1.54) is 0 Å². The predicted molar refractivity (Wildman–Crippen MR) is 77.6 cm³/mol. The lowest BCUT2D eigenvalue weighted by Gasteiger charge is -2.21. The van der Waals surface area contributed by atoms with E-state index in [1.54, 1.807) is 18.2 Å². The molecule has 1 heterocycles. The van der Waals surface area contributed by atoms with Gasteiger partial charge < -0.3 is 15.2 Å². The summed E-state index contributed by atoms with van der Waals surface area (Å²) >= 11 is 6.07. The number of aliphatic hydroxyl groups is 1. The zero-order chi connectivity index (χ0) is 14.4. The fourth-order valence-corrected chi connectivity index (χ4v) is 2.19. The normalized spacial score (nSPS) is 18.0. The van der Waals surface area contributed by atoms with Gasteiger partial charge in [0.1, 0.15) is 6.61 Å². The molecule has 0 aromatic heterocycles. The quantitative estimate of drug-likeness (QED) is 0.821. The second kappa shape index (κ2) is 7.30. The topological polar surface area (TPSA) is 58.6 Å². The summed E-state index contributed by atoms with van der Waals surface area (Å²) in [6, 6.07) is 5.12. The number of aliphatic hydroxyl groups excluding tert-OH is 1. The van der Waals surface area contributed by atoms with Gasteiger partial charge in [0.05, 0.1) is 23.2 Å². The van der Waals surface area contributed by atoms with Crippen LogP contribution in [0.25, 0.3) is 0 Å². The highest BCUT2D eigenvalue weighted by Crippen LogP contribution is 2.24. The molecule has 2 rings (SSSR count). The molecule has 1 aromatic carbocycles. The first-order valence-corrected chi connectivity index (χ1v) is 6.86. The van der Waals surface area contributed by atoms with E-state index in [-0.39, 0.29) is 18.4 Å². The van der Waals surface area contributed by atoms with Crippen LogP contribution in [0.5, 0.6) is 0 Å². The van der Waals surface area contributed by atoms with Crippen LogP contribution in [0.4, 0.5) is 5.69 Å².